The van der Waals surface area contributed by atoms with E-state index in [0.29, 0.717) is 5.57 Å². The largest absolute Gasteiger partial charge is 0.459 e. The van der Waals surface area contributed by atoms with Crippen molar-refractivity contribution in [1.29, 1.82) is 0 Å². The minimum atomic E-state index is -1.96. The summed E-state index contributed by atoms with van der Waals surface area (Å²) < 4.78 is 22.8. The zero-order chi connectivity index (χ0) is 27.9. The number of fused-ring (bicyclic) bond motifs is 4. The quantitative estimate of drug-likeness (QED) is 0.171. The van der Waals surface area contributed by atoms with Crippen molar-refractivity contribution in [3.05, 3.63) is 11.1 Å². The van der Waals surface area contributed by atoms with Crippen LogP contribution in [0.5, 0.6) is 0 Å². The number of aliphatic hydroxyl groups is 4. The first-order chi connectivity index (χ1) is 16.9. The Bertz CT molecular complexity index is 1030. The summed E-state index contributed by atoms with van der Waals surface area (Å²) in [5, 5.41) is 47.4. The van der Waals surface area contributed by atoms with Gasteiger partial charge in [-0.25, -0.2) is 0 Å². The summed E-state index contributed by atoms with van der Waals surface area (Å²) in [6.45, 7) is 10.2. The van der Waals surface area contributed by atoms with Crippen molar-refractivity contribution in [3.8, 4) is 0 Å². The average Bonchev–Trinajstić information content (AvgIpc) is 3.54. The van der Waals surface area contributed by atoms with Crippen molar-refractivity contribution in [2.75, 3.05) is 6.61 Å². The highest BCUT2D eigenvalue weighted by molar-refractivity contribution is 5.68. The van der Waals surface area contributed by atoms with Gasteiger partial charge in [-0.2, -0.15) is 0 Å². The van der Waals surface area contributed by atoms with Crippen LogP contribution in [-0.4, -0.2) is 92.8 Å². The standard InChI is InChI=1S/C26H38O11/c1-11-15(35-12(2)27)9-26(33)22(37-14(4)29)20-24(7,21(32)19(31)18(11)23(26,5)6)16(30)8-17(36-13(3)28)25(20)10-34-25/h15-17,19-22,30-33H,8-10H2,1-7H3/t15-,16-,17-,19+,20-,21-,22+,24+,25+,26+/m0/s1. The number of hydrogen-bond acceptors (Lipinski definition) is 11. The van der Waals surface area contributed by atoms with Crippen LogP contribution >= 0.6 is 0 Å². The molecule has 0 unspecified atom stereocenters. The van der Waals surface area contributed by atoms with E-state index in [4.69, 9.17) is 18.9 Å². The molecule has 3 aliphatic carbocycles. The molecule has 0 aromatic rings. The molecule has 37 heavy (non-hydrogen) atoms. The van der Waals surface area contributed by atoms with E-state index >= 15 is 0 Å². The highest BCUT2D eigenvalue weighted by Crippen LogP contribution is 2.65. The van der Waals surface area contributed by atoms with E-state index in [9.17, 15) is 34.8 Å². The number of rotatable bonds is 3. The molecular formula is C26H38O11. The minimum absolute atomic E-state index is 0.0457. The Morgan fingerprint density at radius 2 is 1.49 bits per heavy atom. The van der Waals surface area contributed by atoms with Crippen molar-refractivity contribution in [1.82, 2.24) is 0 Å². The summed E-state index contributed by atoms with van der Waals surface area (Å²) in [6, 6.07) is 0. The van der Waals surface area contributed by atoms with Gasteiger partial charge in [0.05, 0.1) is 18.8 Å². The number of ether oxygens (including phenoxy) is 4. The van der Waals surface area contributed by atoms with Gasteiger partial charge in [0.25, 0.3) is 0 Å². The Morgan fingerprint density at radius 1 is 0.946 bits per heavy atom. The van der Waals surface area contributed by atoms with Gasteiger partial charge in [-0.3, -0.25) is 14.4 Å². The van der Waals surface area contributed by atoms with E-state index in [1.54, 1.807) is 27.7 Å². The zero-order valence-electron chi connectivity index (χ0n) is 22.3. The number of carbonyl (C=O) groups excluding carboxylic acids is 3. The number of esters is 3. The van der Waals surface area contributed by atoms with Gasteiger partial charge in [-0.15, -0.1) is 0 Å². The molecule has 1 aliphatic heterocycles. The monoisotopic (exact) mass is 526 g/mol. The summed E-state index contributed by atoms with van der Waals surface area (Å²) in [7, 11) is 0. The summed E-state index contributed by atoms with van der Waals surface area (Å²) in [6.07, 6.45) is -8.18. The van der Waals surface area contributed by atoms with E-state index in [2.05, 4.69) is 0 Å². The van der Waals surface area contributed by atoms with Crippen LogP contribution in [0.1, 0.15) is 61.3 Å². The number of carbonyl (C=O) groups is 3. The van der Waals surface area contributed by atoms with E-state index in [0.717, 1.165) is 0 Å². The van der Waals surface area contributed by atoms with Crippen molar-refractivity contribution in [2.45, 2.75) is 109 Å². The van der Waals surface area contributed by atoms with Gasteiger partial charge in [-0.05, 0) is 18.1 Å². The zero-order valence-corrected chi connectivity index (χ0v) is 22.3. The summed E-state index contributed by atoms with van der Waals surface area (Å²) in [4.78, 5) is 36.4. The van der Waals surface area contributed by atoms with E-state index < -0.39 is 82.5 Å². The van der Waals surface area contributed by atoms with Gasteiger partial charge in [0.2, 0.25) is 0 Å². The molecule has 0 aromatic heterocycles. The average molecular weight is 527 g/mol. The van der Waals surface area contributed by atoms with Crippen LogP contribution in [0.15, 0.2) is 11.1 Å². The second-order valence-electron chi connectivity index (χ2n) is 11.8. The summed E-state index contributed by atoms with van der Waals surface area (Å²) in [5.41, 5.74) is -5.45. The predicted molar refractivity (Wildman–Crippen MR) is 126 cm³/mol. The molecule has 1 spiro atoms. The maximum Gasteiger partial charge on any atom is 0.303 e. The lowest BCUT2D eigenvalue weighted by molar-refractivity contribution is -0.279. The Morgan fingerprint density at radius 3 is 1.97 bits per heavy atom. The molecule has 4 rings (SSSR count). The third-order valence-corrected chi connectivity index (χ3v) is 9.45. The first kappa shape index (κ1) is 28.0. The van der Waals surface area contributed by atoms with E-state index in [1.165, 1.54) is 20.8 Å². The highest BCUT2D eigenvalue weighted by Gasteiger charge is 2.78. The van der Waals surface area contributed by atoms with Crippen molar-refractivity contribution in [2.24, 2.45) is 16.7 Å². The van der Waals surface area contributed by atoms with Gasteiger partial charge < -0.3 is 39.4 Å². The van der Waals surface area contributed by atoms with Crippen molar-refractivity contribution in [3.63, 3.8) is 0 Å². The lowest BCUT2D eigenvalue weighted by Crippen LogP contribution is -2.76. The van der Waals surface area contributed by atoms with Gasteiger partial charge in [-0.1, -0.05) is 20.8 Å². The van der Waals surface area contributed by atoms with Crippen molar-refractivity contribution < 1.29 is 53.8 Å². The molecule has 11 nitrogen and oxygen atoms in total. The molecule has 1 saturated heterocycles. The topological polar surface area (TPSA) is 172 Å². The first-order valence-corrected chi connectivity index (χ1v) is 12.6. The Kier molecular flexibility index (Phi) is 6.61. The highest BCUT2D eigenvalue weighted by atomic mass is 16.6. The van der Waals surface area contributed by atoms with E-state index in [-0.39, 0.29) is 25.0 Å². The summed E-state index contributed by atoms with van der Waals surface area (Å²) >= 11 is 0. The molecule has 2 saturated carbocycles. The molecule has 0 aromatic carbocycles. The van der Waals surface area contributed by atoms with Crippen LogP contribution in [0.4, 0.5) is 0 Å². The smallest absolute Gasteiger partial charge is 0.303 e. The van der Waals surface area contributed by atoms with Crippen LogP contribution in [0.2, 0.25) is 0 Å². The normalized spacial score (nSPS) is 46.3. The molecule has 11 heteroatoms. The fourth-order valence-corrected chi connectivity index (χ4v) is 7.46. The number of aliphatic hydroxyl groups excluding tert-OH is 3. The lowest BCUT2D eigenvalue weighted by Gasteiger charge is -2.64. The molecule has 10 atom stereocenters. The molecule has 1 heterocycles. The second-order valence-corrected chi connectivity index (χ2v) is 11.8. The Hall–Kier alpha value is -2.05. The van der Waals surface area contributed by atoms with Gasteiger partial charge in [0, 0.05) is 50.4 Å². The molecule has 0 radical (unpaired) electrons. The minimum Gasteiger partial charge on any atom is -0.459 e. The molecule has 3 fully saturated rings. The maximum absolute atomic E-state index is 12.6. The number of epoxide rings is 1. The lowest BCUT2D eigenvalue weighted by atomic mass is 9.46. The molecule has 2 bridgehead atoms. The van der Waals surface area contributed by atoms with Crippen LogP contribution in [0, 0.1) is 16.7 Å². The Balaban J connectivity index is 2.03. The van der Waals surface area contributed by atoms with Crippen molar-refractivity contribution >= 4 is 17.9 Å². The molecular weight excluding hydrogens is 488 g/mol. The second kappa shape index (κ2) is 8.74. The molecule has 4 aliphatic rings. The fourth-order valence-electron chi connectivity index (χ4n) is 7.46. The maximum atomic E-state index is 12.6. The van der Waals surface area contributed by atoms with Gasteiger partial charge in [0.15, 0.2) is 0 Å². The van der Waals surface area contributed by atoms with Crippen LogP contribution in [0.3, 0.4) is 0 Å². The third kappa shape index (κ3) is 3.84. The van der Waals surface area contributed by atoms with Gasteiger partial charge in [0.1, 0.15) is 35.6 Å². The third-order valence-electron chi connectivity index (χ3n) is 9.45. The first-order valence-electron chi connectivity index (χ1n) is 12.6. The van der Waals surface area contributed by atoms with Crippen LogP contribution < -0.4 is 0 Å². The van der Waals surface area contributed by atoms with Crippen LogP contribution in [-0.2, 0) is 33.3 Å². The number of hydrogen-bond donors (Lipinski definition) is 4. The Labute approximate surface area is 215 Å². The molecule has 4 N–H and O–H groups in total. The molecule has 208 valence electrons. The van der Waals surface area contributed by atoms with Crippen LogP contribution in [0.25, 0.3) is 0 Å². The summed E-state index contributed by atoms with van der Waals surface area (Å²) in [5.74, 6) is -3.08. The fraction of sp³-hybridized carbons (Fsp3) is 0.808. The van der Waals surface area contributed by atoms with Gasteiger partial charge >= 0.3 is 17.9 Å². The molecule has 0 amide bonds. The SMILES string of the molecule is CC(=O)O[C@H]1C[C@@]2(O)[C@H](OC(C)=O)[C@@H]3[C@@]4(CO4)[C@@H](OC(C)=O)C[C@H](O)[C@@]3(C)[C@@H](O)[C@H](O)C(=C1C)C2(C)C. The van der Waals surface area contributed by atoms with E-state index in [1.807, 2.05) is 0 Å². The predicted octanol–water partition coefficient (Wildman–Crippen LogP) is 0.151.